The third-order valence-electron chi connectivity index (χ3n) is 5.75. The molecule has 0 spiro atoms. The lowest BCUT2D eigenvalue weighted by Gasteiger charge is -2.33. The molecule has 0 unspecified atom stereocenters. The average Bonchev–Trinajstić information content (AvgIpc) is 3.27. The number of fused-ring (bicyclic) bond motifs is 1. The largest absolute Gasteiger partial charge is 0.351 e. The molecule has 0 aliphatic carbocycles. The minimum Gasteiger partial charge on any atom is -0.351 e. The van der Waals surface area contributed by atoms with Gasteiger partial charge in [-0.1, -0.05) is 102 Å². The first-order chi connectivity index (χ1) is 16.1. The Labute approximate surface area is 197 Å². The van der Waals surface area contributed by atoms with Crippen molar-refractivity contribution in [1.29, 1.82) is 0 Å². The average molecular weight is 456 g/mol. The standard InChI is InChI=1S/C26H25N5OS/c1-17-8-12-19(13-9-17)16-27-25(32)23-22(20-14-10-18(2)11-15-20)30-31-24(28-29-26(31)33-23)21-6-4-3-5-7-21/h3-15,22-23,30H,16H2,1-2H3,(H,27,32)/t22-,23-/m1/s1. The number of nitrogens with zero attached hydrogens (tertiary/aromatic N) is 3. The molecule has 3 aromatic carbocycles. The summed E-state index contributed by atoms with van der Waals surface area (Å²) in [6, 6.07) is 26.2. The molecule has 2 heterocycles. The van der Waals surface area contributed by atoms with Gasteiger partial charge >= 0.3 is 0 Å². The van der Waals surface area contributed by atoms with E-state index in [0.717, 1.165) is 22.5 Å². The van der Waals surface area contributed by atoms with Crippen LogP contribution >= 0.6 is 11.8 Å². The Bertz CT molecular complexity index is 1250. The second kappa shape index (κ2) is 9.11. The molecule has 4 aromatic rings. The number of rotatable bonds is 5. The maximum absolute atomic E-state index is 13.3. The molecule has 0 saturated heterocycles. The van der Waals surface area contributed by atoms with Crippen molar-refractivity contribution in [2.24, 2.45) is 0 Å². The van der Waals surface area contributed by atoms with Crippen LogP contribution < -0.4 is 10.7 Å². The predicted octanol–water partition coefficient (Wildman–Crippen LogP) is 4.64. The second-order valence-corrected chi connectivity index (χ2v) is 9.38. The number of nitrogens with one attached hydrogen (secondary N) is 2. The lowest BCUT2D eigenvalue weighted by Crippen LogP contribution is -2.43. The number of amides is 1. The highest BCUT2D eigenvalue weighted by atomic mass is 32.2. The van der Waals surface area contributed by atoms with Crippen LogP contribution in [-0.4, -0.2) is 26.0 Å². The first-order valence-corrected chi connectivity index (χ1v) is 11.8. The fourth-order valence-corrected chi connectivity index (χ4v) is 4.95. The Balaban J connectivity index is 1.44. The molecule has 0 fully saturated rings. The Hall–Kier alpha value is -3.58. The highest BCUT2D eigenvalue weighted by Crippen LogP contribution is 2.38. The molecule has 166 valence electrons. The maximum atomic E-state index is 13.3. The van der Waals surface area contributed by atoms with Gasteiger partial charge in [-0.3, -0.25) is 4.79 Å². The van der Waals surface area contributed by atoms with E-state index in [1.807, 2.05) is 47.1 Å². The van der Waals surface area contributed by atoms with Gasteiger partial charge in [-0.05, 0) is 25.0 Å². The van der Waals surface area contributed by atoms with Crippen molar-refractivity contribution in [3.05, 3.63) is 101 Å². The molecule has 33 heavy (non-hydrogen) atoms. The minimum atomic E-state index is -0.390. The fraction of sp³-hybridized carbons (Fsp3) is 0.192. The SMILES string of the molecule is Cc1ccc(CNC(=O)[C@@H]2Sc3nnc(-c4ccccc4)n3N[C@@H]2c2ccc(C)cc2)cc1. The predicted molar refractivity (Wildman–Crippen MR) is 131 cm³/mol. The van der Waals surface area contributed by atoms with Gasteiger partial charge in [-0.25, -0.2) is 4.68 Å². The van der Waals surface area contributed by atoms with Crippen LogP contribution in [0, 0.1) is 13.8 Å². The number of hydrogen-bond donors (Lipinski definition) is 2. The third-order valence-corrected chi connectivity index (χ3v) is 6.97. The van der Waals surface area contributed by atoms with E-state index < -0.39 is 5.25 Å². The molecule has 0 saturated carbocycles. The Morgan fingerprint density at radius 2 is 1.61 bits per heavy atom. The molecule has 0 bridgehead atoms. The van der Waals surface area contributed by atoms with Crippen LogP contribution in [0.1, 0.15) is 28.3 Å². The number of thioether (sulfide) groups is 1. The van der Waals surface area contributed by atoms with E-state index in [-0.39, 0.29) is 11.9 Å². The zero-order valence-electron chi connectivity index (χ0n) is 18.5. The van der Waals surface area contributed by atoms with Crippen molar-refractivity contribution >= 4 is 17.7 Å². The smallest absolute Gasteiger partial charge is 0.236 e. The van der Waals surface area contributed by atoms with Gasteiger partial charge < -0.3 is 10.7 Å². The van der Waals surface area contributed by atoms with Gasteiger partial charge in [0.25, 0.3) is 0 Å². The molecule has 2 atom stereocenters. The lowest BCUT2D eigenvalue weighted by atomic mass is 10.0. The van der Waals surface area contributed by atoms with Crippen molar-refractivity contribution in [2.75, 3.05) is 5.43 Å². The minimum absolute atomic E-state index is 0.0332. The number of aryl methyl sites for hydroxylation is 2. The number of hydrogen-bond acceptors (Lipinski definition) is 5. The quantitative estimate of drug-likeness (QED) is 0.459. The molecular formula is C26H25N5OS. The molecule has 1 aromatic heterocycles. The summed E-state index contributed by atoms with van der Waals surface area (Å²) < 4.78 is 1.90. The van der Waals surface area contributed by atoms with Crippen LogP contribution in [0.25, 0.3) is 11.4 Å². The molecule has 2 N–H and O–H groups in total. The summed E-state index contributed by atoms with van der Waals surface area (Å²) in [5.41, 5.74) is 8.99. The highest BCUT2D eigenvalue weighted by Gasteiger charge is 2.37. The maximum Gasteiger partial charge on any atom is 0.236 e. The molecule has 1 aliphatic rings. The van der Waals surface area contributed by atoms with E-state index in [1.165, 1.54) is 22.9 Å². The fourth-order valence-electron chi connectivity index (χ4n) is 3.85. The third kappa shape index (κ3) is 4.50. The van der Waals surface area contributed by atoms with Crippen LogP contribution in [0.2, 0.25) is 0 Å². The van der Waals surface area contributed by atoms with Gasteiger partial charge in [0, 0.05) is 12.1 Å². The van der Waals surface area contributed by atoms with Crippen LogP contribution in [0.3, 0.4) is 0 Å². The number of carbonyl (C=O) groups is 1. The summed E-state index contributed by atoms with van der Waals surface area (Å²) in [5.74, 6) is 0.697. The molecule has 6 nitrogen and oxygen atoms in total. The summed E-state index contributed by atoms with van der Waals surface area (Å²) >= 11 is 1.44. The monoisotopic (exact) mass is 455 g/mol. The van der Waals surface area contributed by atoms with Crippen LogP contribution in [0.15, 0.2) is 84.0 Å². The van der Waals surface area contributed by atoms with Crippen molar-refractivity contribution in [3.63, 3.8) is 0 Å². The van der Waals surface area contributed by atoms with E-state index >= 15 is 0 Å². The number of carbonyl (C=O) groups excluding carboxylic acids is 1. The summed E-state index contributed by atoms with van der Waals surface area (Å²) in [6.45, 7) is 4.60. The Kier molecular flexibility index (Phi) is 5.88. The summed E-state index contributed by atoms with van der Waals surface area (Å²) in [4.78, 5) is 13.3. The highest BCUT2D eigenvalue weighted by molar-refractivity contribution is 8.00. The van der Waals surface area contributed by atoms with Crippen molar-refractivity contribution in [2.45, 2.75) is 36.8 Å². The lowest BCUT2D eigenvalue weighted by molar-refractivity contribution is -0.121. The zero-order valence-corrected chi connectivity index (χ0v) is 19.3. The normalized spacial score (nSPS) is 17.2. The summed E-state index contributed by atoms with van der Waals surface area (Å²) in [6.07, 6.45) is 0. The number of benzene rings is 3. The van der Waals surface area contributed by atoms with Crippen LogP contribution in [0.5, 0.6) is 0 Å². The topological polar surface area (TPSA) is 71.8 Å². The molecule has 1 amide bonds. The van der Waals surface area contributed by atoms with Gasteiger partial charge in [-0.2, -0.15) is 0 Å². The van der Waals surface area contributed by atoms with Crippen molar-refractivity contribution < 1.29 is 4.79 Å². The molecule has 1 aliphatic heterocycles. The molecule has 0 radical (unpaired) electrons. The van der Waals surface area contributed by atoms with E-state index in [9.17, 15) is 4.79 Å². The zero-order chi connectivity index (χ0) is 22.8. The van der Waals surface area contributed by atoms with Gasteiger partial charge in [0.05, 0.1) is 6.04 Å². The van der Waals surface area contributed by atoms with Crippen LogP contribution in [-0.2, 0) is 11.3 Å². The molecular weight excluding hydrogens is 430 g/mol. The van der Waals surface area contributed by atoms with Crippen molar-refractivity contribution in [3.8, 4) is 11.4 Å². The molecule has 5 rings (SSSR count). The van der Waals surface area contributed by atoms with Gasteiger partial charge in [0.2, 0.25) is 11.1 Å². The second-order valence-electron chi connectivity index (χ2n) is 8.27. The first-order valence-electron chi connectivity index (χ1n) is 10.9. The summed E-state index contributed by atoms with van der Waals surface area (Å²) in [7, 11) is 0. The van der Waals surface area contributed by atoms with E-state index in [1.54, 1.807) is 0 Å². The van der Waals surface area contributed by atoms with E-state index in [4.69, 9.17) is 0 Å². The van der Waals surface area contributed by atoms with Gasteiger partial charge in [-0.15, -0.1) is 10.2 Å². The summed E-state index contributed by atoms with van der Waals surface area (Å²) in [5, 5.41) is 12.2. The van der Waals surface area contributed by atoms with E-state index in [2.05, 4.69) is 71.2 Å². The Morgan fingerprint density at radius 3 is 2.30 bits per heavy atom. The van der Waals surface area contributed by atoms with Gasteiger partial charge in [0.15, 0.2) is 5.82 Å². The van der Waals surface area contributed by atoms with E-state index in [0.29, 0.717) is 11.7 Å². The molecule has 7 heteroatoms. The number of aromatic nitrogens is 3. The van der Waals surface area contributed by atoms with Crippen molar-refractivity contribution in [1.82, 2.24) is 20.2 Å². The van der Waals surface area contributed by atoms with Gasteiger partial charge in [0.1, 0.15) is 5.25 Å². The Morgan fingerprint density at radius 1 is 0.939 bits per heavy atom. The first kappa shape index (κ1) is 21.3. The van der Waals surface area contributed by atoms with Crippen LogP contribution in [0.4, 0.5) is 0 Å².